The second kappa shape index (κ2) is 4.61. The van der Waals surface area contributed by atoms with Crippen molar-refractivity contribution in [1.82, 2.24) is 5.32 Å². The molecule has 3 fully saturated rings. The molecule has 0 aromatic heterocycles. The molecule has 0 radical (unpaired) electrons. The molecule has 3 rings (SSSR count). The van der Waals surface area contributed by atoms with Crippen molar-refractivity contribution in [2.24, 2.45) is 16.8 Å². The highest BCUT2D eigenvalue weighted by molar-refractivity contribution is 8.15. The Labute approximate surface area is 105 Å². The Kier molecular flexibility index (Phi) is 3.13. The molecule has 0 aromatic carbocycles. The van der Waals surface area contributed by atoms with Crippen LogP contribution in [0.4, 0.5) is 0 Å². The molecule has 0 aromatic rings. The molecule has 1 amide bonds. The zero-order chi connectivity index (χ0) is 11.8. The number of nitrogens with one attached hydrogen (secondary N) is 1. The van der Waals surface area contributed by atoms with Crippen molar-refractivity contribution < 1.29 is 9.90 Å². The lowest BCUT2D eigenvalue weighted by Crippen LogP contribution is -2.26. The van der Waals surface area contributed by atoms with Crippen LogP contribution in [0.15, 0.2) is 4.99 Å². The molecule has 4 nitrogen and oxygen atoms in total. The zero-order valence-corrected chi connectivity index (χ0v) is 10.6. The summed E-state index contributed by atoms with van der Waals surface area (Å²) in [5.41, 5.74) is 0. The number of amides is 1. The van der Waals surface area contributed by atoms with Crippen LogP contribution >= 0.6 is 11.8 Å². The lowest BCUT2D eigenvalue weighted by Gasteiger charge is -2.17. The Hall–Kier alpha value is -0.550. The number of aliphatic hydroxyl groups excluding tert-OH is 1. The number of carbonyl (C=O) groups is 1. The predicted molar refractivity (Wildman–Crippen MR) is 67.9 cm³/mol. The van der Waals surface area contributed by atoms with Crippen molar-refractivity contribution in [3.05, 3.63) is 0 Å². The van der Waals surface area contributed by atoms with Gasteiger partial charge in [0.25, 0.3) is 0 Å². The second-order valence-corrected chi connectivity index (χ2v) is 6.48. The fraction of sp³-hybridized carbons (Fsp3) is 0.833. The molecule has 94 valence electrons. The topological polar surface area (TPSA) is 61.7 Å². The summed E-state index contributed by atoms with van der Waals surface area (Å²) in [6.45, 7) is 0.0620. The van der Waals surface area contributed by atoms with E-state index in [0.29, 0.717) is 12.5 Å². The van der Waals surface area contributed by atoms with E-state index in [2.05, 4.69) is 5.32 Å². The summed E-state index contributed by atoms with van der Waals surface area (Å²) in [4.78, 5) is 16.3. The van der Waals surface area contributed by atoms with Crippen molar-refractivity contribution in [3.8, 4) is 0 Å². The molecule has 2 bridgehead atoms. The van der Waals surface area contributed by atoms with Crippen molar-refractivity contribution in [3.63, 3.8) is 0 Å². The van der Waals surface area contributed by atoms with Gasteiger partial charge in [-0.3, -0.25) is 9.79 Å². The SMILES string of the molecule is O=C1NC(=N[C@H]2CC3CC[C@H]2C3)SC1CCO. The van der Waals surface area contributed by atoms with E-state index < -0.39 is 0 Å². The van der Waals surface area contributed by atoms with Gasteiger partial charge in [-0.05, 0) is 37.5 Å². The Morgan fingerprint density at radius 3 is 2.94 bits per heavy atom. The van der Waals surface area contributed by atoms with Gasteiger partial charge in [-0.1, -0.05) is 18.2 Å². The Morgan fingerprint density at radius 2 is 2.29 bits per heavy atom. The maximum atomic E-state index is 11.6. The van der Waals surface area contributed by atoms with E-state index in [0.717, 1.165) is 17.0 Å². The molecule has 5 heteroatoms. The highest BCUT2D eigenvalue weighted by atomic mass is 32.2. The highest BCUT2D eigenvalue weighted by Crippen LogP contribution is 2.46. The van der Waals surface area contributed by atoms with Crippen LogP contribution < -0.4 is 5.32 Å². The van der Waals surface area contributed by atoms with Crippen LogP contribution in [-0.4, -0.2) is 34.1 Å². The fourth-order valence-corrected chi connectivity index (χ4v) is 4.31. The molecule has 2 unspecified atom stereocenters. The Morgan fingerprint density at radius 1 is 1.41 bits per heavy atom. The first-order valence-electron chi connectivity index (χ1n) is 6.42. The van der Waals surface area contributed by atoms with Crippen LogP contribution in [0.3, 0.4) is 0 Å². The van der Waals surface area contributed by atoms with Crippen molar-refractivity contribution in [2.45, 2.75) is 43.4 Å². The molecular formula is C12H18N2O2S. The largest absolute Gasteiger partial charge is 0.396 e. The monoisotopic (exact) mass is 254 g/mol. The second-order valence-electron chi connectivity index (χ2n) is 5.28. The van der Waals surface area contributed by atoms with Gasteiger partial charge in [0, 0.05) is 6.61 Å². The summed E-state index contributed by atoms with van der Waals surface area (Å²) in [6, 6.07) is 0.435. The number of nitrogens with zero attached hydrogens (tertiary/aromatic N) is 1. The van der Waals surface area contributed by atoms with Gasteiger partial charge in [-0.15, -0.1) is 0 Å². The molecule has 1 saturated heterocycles. The van der Waals surface area contributed by atoms with Gasteiger partial charge < -0.3 is 10.4 Å². The van der Waals surface area contributed by atoms with Gasteiger partial charge in [-0.25, -0.2) is 0 Å². The van der Waals surface area contributed by atoms with E-state index in [4.69, 9.17) is 10.1 Å². The Balaban J connectivity index is 1.64. The first-order valence-corrected chi connectivity index (χ1v) is 7.30. The molecule has 2 saturated carbocycles. The van der Waals surface area contributed by atoms with Crippen molar-refractivity contribution in [2.75, 3.05) is 6.61 Å². The van der Waals surface area contributed by atoms with E-state index in [1.807, 2.05) is 0 Å². The molecule has 1 heterocycles. The third-order valence-electron chi connectivity index (χ3n) is 4.15. The van der Waals surface area contributed by atoms with E-state index >= 15 is 0 Å². The third kappa shape index (κ3) is 2.22. The number of carbonyl (C=O) groups excluding carboxylic acids is 1. The van der Waals surface area contributed by atoms with E-state index in [9.17, 15) is 4.79 Å². The van der Waals surface area contributed by atoms with Crippen LogP contribution in [0.25, 0.3) is 0 Å². The number of hydrogen-bond donors (Lipinski definition) is 2. The average Bonchev–Trinajstić information content (AvgIpc) is 2.96. The lowest BCUT2D eigenvalue weighted by atomic mass is 9.96. The van der Waals surface area contributed by atoms with Crippen molar-refractivity contribution in [1.29, 1.82) is 0 Å². The fourth-order valence-electron chi connectivity index (χ4n) is 3.29. The standard InChI is InChI=1S/C12H18N2O2S/c15-4-3-10-11(16)14-12(17-10)13-9-6-7-1-2-8(9)5-7/h7-10,15H,1-6H2,(H,13,14,16)/t7?,8-,9-,10?/m0/s1. The summed E-state index contributed by atoms with van der Waals surface area (Å²) in [5, 5.41) is 12.3. The van der Waals surface area contributed by atoms with Crippen LogP contribution in [0.5, 0.6) is 0 Å². The van der Waals surface area contributed by atoms with Crippen LogP contribution in [0.2, 0.25) is 0 Å². The number of aliphatic hydroxyl groups is 1. The average molecular weight is 254 g/mol. The van der Waals surface area contributed by atoms with Crippen LogP contribution in [-0.2, 0) is 4.79 Å². The summed E-state index contributed by atoms with van der Waals surface area (Å²) >= 11 is 1.49. The van der Waals surface area contributed by atoms with Crippen LogP contribution in [0.1, 0.15) is 32.1 Å². The number of aliphatic imine (C=N–C) groups is 1. The van der Waals surface area contributed by atoms with Gasteiger partial charge in [0.1, 0.15) is 0 Å². The van der Waals surface area contributed by atoms with Crippen LogP contribution in [0, 0.1) is 11.8 Å². The molecule has 2 N–H and O–H groups in total. The number of thioether (sulfide) groups is 1. The molecular weight excluding hydrogens is 236 g/mol. The van der Waals surface area contributed by atoms with Gasteiger partial charge in [-0.2, -0.15) is 0 Å². The molecule has 4 atom stereocenters. The van der Waals surface area contributed by atoms with Gasteiger partial charge in [0.2, 0.25) is 5.91 Å². The first kappa shape index (κ1) is 11.5. The lowest BCUT2D eigenvalue weighted by molar-refractivity contribution is -0.119. The molecule has 3 aliphatic rings. The summed E-state index contributed by atoms with van der Waals surface area (Å²) < 4.78 is 0. The summed E-state index contributed by atoms with van der Waals surface area (Å²) in [6.07, 6.45) is 5.74. The minimum absolute atomic E-state index is 0.00552. The predicted octanol–water partition coefficient (Wildman–Crippen LogP) is 1.14. The minimum Gasteiger partial charge on any atom is -0.396 e. The maximum absolute atomic E-state index is 11.6. The number of fused-ring (bicyclic) bond motifs is 2. The smallest absolute Gasteiger partial charge is 0.239 e. The summed E-state index contributed by atoms with van der Waals surface area (Å²) in [7, 11) is 0. The number of amidine groups is 1. The summed E-state index contributed by atoms with van der Waals surface area (Å²) in [5.74, 6) is 1.64. The van der Waals surface area contributed by atoms with Gasteiger partial charge in [0.15, 0.2) is 5.17 Å². The van der Waals surface area contributed by atoms with Gasteiger partial charge >= 0.3 is 0 Å². The van der Waals surface area contributed by atoms with E-state index in [-0.39, 0.29) is 17.8 Å². The van der Waals surface area contributed by atoms with E-state index in [1.54, 1.807) is 0 Å². The third-order valence-corrected chi connectivity index (χ3v) is 5.32. The number of rotatable bonds is 3. The molecule has 0 spiro atoms. The highest BCUT2D eigenvalue weighted by Gasteiger charge is 2.40. The zero-order valence-electron chi connectivity index (χ0n) is 9.76. The van der Waals surface area contributed by atoms with Gasteiger partial charge in [0.05, 0.1) is 11.3 Å². The maximum Gasteiger partial charge on any atom is 0.239 e. The quantitative estimate of drug-likeness (QED) is 0.794. The van der Waals surface area contributed by atoms with E-state index in [1.165, 1.54) is 37.4 Å². The number of hydrogen-bond acceptors (Lipinski definition) is 4. The molecule has 17 heavy (non-hydrogen) atoms. The normalized spacial score (nSPS) is 42.4. The van der Waals surface area contributed by atoms with Crippen molar-refractivity contribution >= 4 is 22.8 Å². The molecule has 1 aliphatic heterocycles. The first-order chi connectivity index (χ1) is 8.26. The minimum atomic E-state index is -0.141. The Bertz CT molecular complexity index is 358. The molecule has 2 aliphatic carbocycles.